The molecule has 3 aliphatic heterocycles. The Morgan fingerprint density at radius 2 is 1.09 bits per heavy atom. The molecule has 6 aromatic rings. The monoisotopic (exact) mass is 997 g/mol. The number of aliphatic hydroxyl groups is 3. The first kappa shape index (κ1) is 54.4. The Kier molecular flexibility index (Phi) is 24.5. The summed E-state index contributed by atoms with van der Waals surface area (Å²) >= 11 is 5.25. The van der Waals surface area contributed by atoms with Crippen molar-refractivity contribution < 1.29 is 44.2 Å². The van der Waals surface area contributed by atoms with E-state index in [0.717, 1.165) is 110 Å². The van der Waals surface area contributed by atoms with E-state index in [1.165, 1.54) is 46.9 Å². The van der Waals surface area contributed by atoms with Gasteiger partial charge in [0.05, 0.1) is 44.7 Å². The second-order valence-electron chi connectivity index (χ2n) is 17.0. The summed E-state index contributed by atoms with van der Waals surface area (Å²) in [7, 11) is 0. The zero-order valence-corrected chi connectivity index (χ0v) is 41.6. The Morgan fingerprint density at radius 1 is 0.597 bits per heavy atom. The van der Waals surface area contributed by atoms with Gasteiger partial charge in [-0.15, -0.1) is 46.4 Å². The Labute approximate surface area is 412 Å². The Hall–Kier alpha value is -3.55. The highest BCUT2D eigenvalue weighted by molar-refractivity contribution is 7.17. The molecule has 0 radical (unpaired) electrons. The molecule has 3 fully saturated rings. The lowest BCUT2D eigenvalue weighted by Gasteiger charge is -2.30. The Bertz CT molecular complexity index is 2330. The number of amides is 1. The zero-order chi connectivity index (χ0) is 46.4. The smallest absolute Gasteiger partial charge is 0.329 e. The first-order valence-electron chi connectivity index (χ1n) is 23.3. The third-order valence-corrected chi connectivity index (χ3v) is 14.4. The molecule has 6 heterocycles. The van der Waals surface area contributed by atoms with Crippen molar-refractivity contribution in [3.05, 3.63) is 106 Å². The number of carbonyl (C=O) groups excluding carboxylic acids is 1. The molecule has 5 N–H and O–H groups in total. The van der Waals surface area contributed by atoms with Crippen LogP contribution in [0.4, 0.5) is 0 Å². The Morgan fingerprint density at radius 3 is 1.55 bits per heavy atom. The molecule has 0 spiro atoms. The molecule has 3 unspecified atom stereocenters. The third kappa shape index (κ3) is 19.8. The van der Waals surface area contributed by atoms with Gasteiger partial charge in [-0.2, -0.15) is 0 Å². The fourth-order valence-electron chi connectivity index (χ4n) is 8.04. The van der Waals surface area contributed by atoms with Crippen molar-refractivity contribution in [3.8, 4) is 0 Å². The number of carboxylic acid groups (broad SMARTS) is 1. The van der Waals surface area contributed by atoms with Crippen molar-refractivity contribution in [1.29, 1.82) is 0 Å². The van der Waals surface area contributed by atoms with Crippen LogP contribution in [0.3, 0.4) is 0 Å². The van der Waals surface area contributed by atoms with E-state index in [0.29, 0.717) is 19.8 Å². The molecule has 12 nitrogen and oxygen atoms in total. The summed E-state index contributed by atoms with van der Waals surface area (Å²) in [6.07, 6.45) is 7.73. The van der Waals surface area contributed by atoms with Gasteiger partial charge in [0.25, 0.3) is 0 Å². The van der Waals surface area contributed by atoms with E-state index in [2.05, 4.69) is 99.2 Å². The number of thiophene rings is 3. The summed E-state index contributed by atoms with van der Waals surface area (Å²) in [5.41, 5.74) is 3.75. The molecule has 0 bridgehead atoms. The molecule has 0 saturated carbocycles. The van der Waals surface area contributed by atoms with Crippen molar-refractivity contribution in [3.63, 3.8) is 0 Å². The highest BCUT2D eigenvalue weighted by Gasteiger charge is 2.22. The number of fused-ring (bicyclic) bond motifs is 3. The largest absolute Gasteiger partial charge is 0.480 e. The first-order chi connectivity index (χ1) is 32.2. The maximum Gasteiger partial charge on any atom is 0.329 e. The van der Waals surface area contributed by atoms with E-state index in [1.54, 1.807) is 38.9 Å². The minimum Gasteiger partial charge on any atom is -0.480 e. The van der Waals surface area contributed by atoms with E-state index in [9.17, 15) is 19.8 Å². The van der Waals surface area contributed by atoms with Crippen molar-refractivity contribution in [2.75, 3.05) is 85.5 Å². The lowest BCUT2D eigenvalue weighted by Crippen LogP contribution is -2.43. The number of rotatable bonds is 16. The zero-order valence-electron chi connectivity index (χ0n) is 38.3. The number of ether oxygens (including phenoxy) is 3. The number of β-amino-alcohol motifs (C(OH)–C–C–N with tert-alkyl or cyclic N) is 3. The second kappa shape index (κ2) is 30.1. The predicted octanol–water partition coefficient (Wildman–Crippen LogP) is 8.06. The fraction of sp³-hybridized carbons (Fsp3) is 0.490. The summed E-state index contributed by atoms with van der Waals surface area (Å²) in [6.45, 7) is 8.27. The van der Waals surface area contributed by atoms with Crippen LogP contribution in [-0.4, -0.2) is 146 Å². The summed E-state index contributed by atoms with van der Waals surface area (Å²) in [5.74, 6) is -0.944. The number of aliphatic carboxylic acids is 1. The molecule has 0 aliphatic carbocycles. The van der Waals surface area contributed by atoms with E-state index in [1.807, 2.05) is 0 Å². The van der Waals surface area contributed by atoms with Crippen molar-refractivity contribution in [2.24, 2.45) is 0 Å². The lowest BCUT2D eigenvalue weighted by molar-refractivity contribution is -0.142. The van der Waals surface area contributed by atoms with E-state index >= 15 is 0 Å². The maximum atomic E-state index is 12.0. The first-order valence-corrected chi connectivity index (χ1v) is 25.9. The quantitative estimate of drug-likeness (QED) is 0.0597. The van der Waals surface area contributed by atoms with Gasteiger partial charge in [0, 0.05) is 46.8 Å². The standard InChI is InChI=1S/C17H21NO3S.C17H23NO2S.C12H12O3S.C5H11NO.ClH/c19-15-2-1-7-18(11-15)17(20)12-21-8-5-13-3-4-16-14(10-13)6-9-22-16;19-16-2-1-7-18(13-16)8-10-20-9-5-14-3-4-17-15(12-14)6-11-21-17;13-12(14)8-15-5-3-9-1-2-11-10(7-9)4-6-16-11;7-5-2-1-3-6-4-5;/h3-4,6,9-10,15,19H,1-2,5,7-8,11-12H2;3-4,6,11-12,16,19H,1-2,5,7-10,13H2;1-2,4,6-7H,3,5,8H2,(H,13,14);5-7H,1-4H2;1H. The van der Waals surface area contributed by atoms with Gasteiger partial charge in [0.15, 0.2) is 0 Å². The predicted molar refractivity (Wildman–Crippen MR) is 276 cm³/mol. The van der Waals surface area contributed by atoms with Gasteiger partial charge in [-0.1, -0.05) is 36.4 Å². The van der Waals surface area contributed by atoms with Crippen LogP contribution in [0, 0.1) is 0 Å². The van der Waals surface area contributed by atoms with Gasteiger partial charge in [-0.05, 0) is 156 Å². The lowest BCUT2D eigenvalue weighted by atomic mass is 10.1. The van der Waals surface area contributed by atoms with E-state index in [4.69, 9.17) is 24.4 Å². The molecular formula is C51H68ClN3O9S3. The van der Waals surface area contributed by atoms with Gasteiger partial charge < -0.3 is 44.9 Å². The van der Waals surface area contributed by atoms with Crippen molar-refractivity contribution in [2.45, 2.75) is 76.1 Å². The number of nitrogens with zero attached hydrogens (tertiary/aromatic N) is 2. The van der Waals surface area contributed by atoms with Crippen LogP contribution in [0.25, 0.3) is 30.3 Å². The number of piperidine rings is 3. The second-order valence-corrected chi connectivity index (χ2v) is 19.8. The number of hydrogen-bond acceptors (Lipinski definition) is 13. The molecule has 67 heavy (non-hydrogen) atoms. The Balaban J connectivity index is 0.000000176. The number of benzene rings is 3. The molecule has 3 aromatic heterocycles. The molecule has 3 atom stereocenters. The van der Waals surface area contributed by atoms with Crippen LogP contribution >= 0.6 is 46.4 Å². The number of nitrogens with one attached hydrogen (secondary N) is 1. The minimum absolute atomic E-state index is 0. The van der Waals surface area contributed by atoms with Gasteiger partial charge in [0.1, 0.15) is 13.2 Å². The molecule has 3 aliphatic rings. The average Bonchev–Trinajstić information content (AvgIpc) is 4.11. The normalized spacial score (nSPS) is 18.5. The van der Waals surface area contributed by atoms with Gasteiger partial charge >= 0.3 is 5.97 Å². The van der Waals surface area contributed by atoms with Gasteiger partial charge in [-0.25, -0.2) is 4.79 Å². The summed E-state index contributed by atoms with van der Waals surface area (Å²) in [6, 6.07) is 25.7. The molecule has 3 aromatic carbocycles. The number of aliphatic hydroxyl groups excluding tert-OH is 3. The SMILES string of the molecule is Cl.O=C(COCCc1ccc2sccc2c1)N1CCCC(O)C1.O=C(O)COCCc1ccc2sccc2c1.OC1CCCN(CCOCCc2ccc3sccc3c2)C1.OC1CCCNC1. The summed E-state index contributed by atoms with van der Waals surface area (Å²) in [4.78, 5) is 26.2. The number of carboxylic acids is 1. The molecule has 9 rings (SSSR count). The molecule has 3 saturated heterocycles. The maximum absolute atomic E-state index is 12.0. The fourth-order valence-corrected chi connectivity index (χ4v) is 10.4. The van der Waals surface area contributed by atoms with E-state index in [-0.39, 0.29) is 49.8 Å². The van der Waals surface area contributed by atoms with Crippen LogP contribution < -0.4 is 5.32 Å². The summed E-state index contributed by atoms with van der Waals surface area (Å²) in [5, 5.41) is 49.7. The van der Waals surface area contributed by atoms with E-state index < -0.39 is 5.97 Å². The molecule has 1 amide bonds. The van der Waals surface area contributed by atoms with Crippen molar-refractivity contribution in [1.82, 2.24) is 15.1 Å². The third-order valence-electron chi connectivity index (χ3n) is 11.7. The van der Waals surface area contributed by atoms with Crippen LogP contribution in [0.1, 0.15) is 55.2 Å². The van der Waals surface area contributed by atoms with Crippen molar-refractivity contribution >= 4 is 88.6 Å². The average molecular weight is 999 g/mol. The molecule has 366 valence electrons. The highest BCUT2D eigenvalue weighted by atomic mass is 35.5. The van der Waals surface area contributed by atoms with Crippen LogP contribution in [-0.2, 0) is 43.1 Å². The topological polar surface area (TPSA) is 161 Å². The minimum atomic E-state index is -0.923. The molecule has 16 heteroatoms. The number of hydrogen-bond donors (Lipinski definition) is 5. The summed E-state index contributed by atoms with van der Waals surface area (Å²) < 4.78 is 20.2. The molecular weight excluding hydrogens is 930 g/mol. The number of carbonyl (C=O) groups is 2. The number of likely N-dealkylation sites (tertiary alicyclic amines) is 2. The van der Waals surface area contributed by atoms with Gasteiger partial charge in [0.2, 0.25) is 5.91 Å². The van der Waals surface area contributed by atoms with Crippen LogP contribution in [0.5, 0.6) is 0 Å². The van der Waals surface area contributed by atoms with Gasteiger partial charge in [-0.3, -0.25) is 9.69 Å². The number of halogens is 1. The van der Waals surface area contributed by atoms with Crippen LogP contribution in [0.2, 0.25) is 0 Å². The van der Waals surface area contributed by atoms with Crippen LogP contribution in [0.15, 0.2) is 88.9 Å². The highest BCUT2D eigenvalue weighted by Crippen LogP contribution is 2.24.